The molecule has 0 radical (unpaired) electrons. The fourth-order valence-corrected chi connectivity index (χ4v) is 4.86. The van der Waals surface area contributed by atoms with E-state index in [9.17, 15) is 36.2 Å². The Labute approximate surface area is 217 Å². The number of nitrogens with one attached hydrogen (secondary N) is 1. The van der Waals surface area contributed by atoms with E-state index in [2.05, 4.69) is 5.32 Å². The number of aliphatic hydroxyl groups excluding tert-OH is 1. The molecule has 0 bridgehead atoms. The third kappa shape index (κ3) is 7.70. The second kappa shape index (κ2) is 12.0. The maximum Gasteiger partial charge on any atom is 0.416 e. The fraction of sp³-hybridized carbons (Fsp3) is 0.519. The van der Waals surface area contributed by atoms with E-state index in [4.69, 9.17) is 4.74 Å². The van der Waals surface area contributed by atoms with Gasteiger partial charge in [0.15, 0.2) is 0 Å². The van der Waals surface area contributed by atoms with Crippen LogP contribution >= 0.6 is 0 Å². The average Bonchev–Trinajstić information content (AvgIpc) is 2.84. The lowest BCUT2D eigenvalue weighted by atomic mass is 9.68. The summed E-state index contributed by atoms with van der Waals surface area (Å²) < 4.78 is 86.0. The Bertz CT molecular complexity index is 1030. The van der Waals surface area contributed by atoms with Crippen LogP contribution in [0.15, 0.2) is 48.5 Å². The van der Waals surface area contributed by atoms with E-state index in [0.717, 1.165) is 5.56 Å². The number of hydrogen-bond donors (Lipinski definition) is 2. The van der Waals surface area contributed by atoms with E-state index in [1.54, 1.807) is 19.0 Å². The number of rotatable bonds is 9. The largest absolute Gasteiger partial charge is 0.416 e. The molecule has 0 heterocycles. The summed E-state index contributed by atoms with van der Waals surface area (Å²) in [6.45, 7) is -0.580. The molecule has 5 nitrogen and oxygen atoms in total. The van der Waals surface area contributed by atoms with Crippen LogP contribution in [-0.4, -0.2) is 55.8 Å². The minimum atomic E-state index is -5.00. The van der Waals surface area contributed by atoms with E-state index in [1.165, 1.54) is 0 Å². The zero-order valence-corrected chi connectivity index (χ0v) is 21.2. The van der Waals surface area contributed by atoms with Gasteiger partial charge >= 0.3 is 12.4 Å². The summed E-state index contributed by atoms with van der Waals surface area (Å²) in [4.78, 5) is 14.0. The Kier molecular flexibility index (Phi) is 9.48. The SMILES string of the molecule is CN(C)CC(=O)N[C@H]1CC[C@@](COC(CO)c2cc(C(F)(F)F)cc(C(F)(F)F)c2)(c2ccccc2)CC1. The molecule has 1 atom stereocenters. The van der Waals surface area contributed by atoms with Gasteiger partial charge in [-0.3, -0.25) is 4.79 Å². The highest BCUT2D eigenvalue weighted by atomic mass is 19.4. The second-order valence-electron chi connectivity index (χ2n) is 10.0. The first kappa shape index (κ1) is 29.9. The summed E-state index contributed by atoms with van der Waals surface area (Å²) >= 11 is 0. The van der Waals surface area contributed by atoms with Crippen molar-refractivity contribution in [2.45, 2.75) is 55.6 Å². The van der Waals surface area contributed by atoms with Gasteiger partial charge in [-0.05, 0) is 69.1 Å². The lowest BCUT2D eigenvalue weighted by Crippen LogP contribution is -2.46. The molecule has 0 saturated heterocycles. The van der Waals surface area contributed by atoms with Crippen LogP contribution in [0.5, 0.6) is 0 Å². The Hall–Kier alpha value is -2.63. The summed E-state index contributed by atoms with van der Waals surface area (Å²) in [5.41, 5.74) is -3.00. The maximum absolute atomic E-state index is 13.4. The van der Waals surface area contributed by atoms with Crippen LogP contribution in [0, 0.1) is 0 Å². The molecule has 1 amide bonds. The van der Waals surface area contributed by atoms with Crippen molar-refractivity contribution in [3.05, 3.63) is 70.8 Å². The maximum atomic E-state index is 13.4. The molecule has 3 rings (SSSR count). The number of aliphatic hydroxyl groups is 1. The molecule has 1 unspecified atom stereocenters. The van der Waals surface area contributed by atoms with Crippen molar-refractivity contribution in [2.24, 2.45) is 0 Å². The third-order valence-electron chi connectivity index (χ3n) is 6.86. The smallest absolute Gasteiger partial charge is 0.393 e. The number of amides is 1. The Morgan fingerprint density at radius 2 is 1.58 bits per heavy atom. The van der Waals surface area contributed by atoms with E-state index < -0.39 is 47.2 Å². The molecule has 2 aromatic carbocycles. The number of alkyl halides is 6. The van der Waals surface area contributed by atoms with Crippen molar-refractivity contribution in [3.63, 3.8) is 0 Å². The van der Waals surface area contributed by atoms with E-state index in [-0.39, 0.29) is 31.2 Å². The number of hydrogen-bond acceptors (Lipinski definition) is 4. The number of likely N-dealkylation sites (N-methyl/N-ethyl adjacent to an activating group) is 1. The molecule has 2 aromatic rings. The molecule has 210 valence electrons. The van der Waals surface area contributed by atoms with Crippen molar-refractivity contribution in [2.75, 3.05) is 33.9 Å². The number of carbonyl (C=O) groups excluding carboxylic acids is 1. The Morgan fingerprint density at radius 3 is 2.05 bits per heavy atom. The molecule has 0 aromatic heterocycles. The Balaban J connectivity index is 1.83. The van der Waals surface area contributed by atoms with Crippen LogP contribution in [0.1, 0.15) is 54.0 Å². The highest BCUT2D eigenvalue weighted by Crippen LogP contribution is 2.42. The first-order valence-corrected chi connectivity index (χ1v) is 12.2. The van der Waals surface area contributed by atoms with Crippen molar-refractivity contribution in [3.8, 4) is 0 Å². The van der Waals surface area contributed by atoms with E-state index in [1.807, 2.05) is 30.3 Å². The van der Waals surface area contributed by atoms with Crippen LogP contribution < -0.4 is 5.32 Å². The van der Waals surface area contributed by atoms with Crippen LogP contribution in [0.25, 0.3) is 0 Å². The third-order valence-corrected chi connectivity index (χ3v) is 6.86. The number of halogens is 6. The molecule has 38 heavy (non-hydrogen) atoms. The molecule has 0 spiro atoms. The first-order valence-electron chi connectivity index (χ1n) is 12.2. The highest BCUT2D eigenvalue weighted by molar-refractivity contribution is 5.78. The van der Waals surface area contributed by atoms with Gasteiger partial charge in [-0.15, -0.1) is 0 Å². The predicted molar refractivity (Wildman–Crippen MR) is 129 cm³/mol. The Morgan fingerprint density at radius 1 is 1.03 bits per heavy atom. The monoisotopic (exact) mass is 546 g/mol. The van der Waals surface area contributed by atoms with Crippen LogP contribution in [0.2, 0.25) is 0 Å². The first-order chi connectivity index (χ1) is 17.7. The lowest BCUT2D eigenvalue weighted by Gasteiger charge is -2.41. The van der Waals surface area contributed by atoms with Crippen LogP contribution in [0.3, 0.4) is 0 Å². The number of carbonyl (C=O) groups is 1. The molecule has 1 aliphatic carbocycles. The van der Waals surface area contributed by atoms with E-state index >= 15 is 0 Å². The number of ether oxygens (including phenoxy) is 1. The molecule has 1 aliphatic rings. The van der Waals surface area contributed by atoms with Gasteiger partial charge in [0.2, 0.25) is 5.91 Å². The molecule has 1 saturated carbocycles. The zero-order chi connectivity index (χ0) is 28.1. The van der Waals surface area contributed by atoms with Crippen molar-refractivity contribution < 1.29 is 41.0 Å². The van der Waals surface area contributed by atoms with Crippen molar-refractivity contribution in [1.82, 2.24) is 10.2 Å². The van der Waals surface area contributed by atoms with Gasteiger partial charge in [0.1, 0.15) is 6.10 Å². The minimum absolute atomic E-state index is 0.0296. The van der Waals surface area contributed by atoms with Gasteiger partial charge in [-0.25, -0.2) is 0 Å². The summed E-state index contributed by atoms with van der Waals surface area (Å²) in [5, 5.41) is 12.9. The summed E-state index contributed by atoms with van der Waals surface area (Å²) in [6.07, 6.45) is -9.03. The fourth-order valence-electron chi connectivity index (χ4n) is 4.86. The van der Waals surface area contributed by atoms with Crippen LogP contribution in [0.4, 0.5) is 26.3 Å². The van der Waals surface area contributed by atoms with Gasteiger partial charge in [0, 0.05) is 11.5 Å². The van der Waals surface area contributed by atoms with Gasteiger partial charge in [0.05, 0.1) is 30.9 Å². The average molecular weight is 547 g/mol. The lowest BCUT2D eigenvalue weighted by molar-refractivity contribution is -0.143. The predicted octanol–water partition coefficient (Wildman–Crippen LogP) is 5.33. The molecular formula is C27H32F6N2O3. The van der Waals surface area contributed by atoms with Crippen LogP contribution in [-0.2, 0) is 27.3 Å². The standard InChI is InChI=1S/C27H32F6N2O3/c1-35(2)15-24(37)34-22-8-10-25(11-9-22,19-6-4-3-5-7-19)17-38-23(16-36)18-12-20(26(28,29)30)14-21(13-18)27(31,32)33/h3-7,12-14,22-23,36H,8-11,15-17H2,1-2H3,(H,34,37)/t22-,23?,25+. The number of benzene rings is 2. The minimum Gasteiger partial charge on any atom is -0.393 e. The van der Waals surface area contributed by atoms with Crippen molar-refractivity contribution >= 4 is 5.91 Å². The summed E-state index contributed by atoms with van der Waals surface area (Å²) in [5.74, 6) is -0.103. The summed E-state index contributed by atoms with van der Waals surface area (Å²) in [7, 11) is 3.58. The molecule has 11 heteroatoms. The van der Waals surface area contributed by atoms with E-state index in [0.29, 0.717) is 37.8 Å². The zero-order valence-electron chi connectivity index (χ0n) is 21.2. The quantitative estimate of drug-likeness (QED) is 0.418. The molecule has 0 aliphatic heterocycles. The van der Waals surface area contributed by atoms with Gasteiger partial charge < -0.3 is 20.1 Å². The summed E-state index contributed by atoms with van der Waals surface area (Å²) in [6, 6.07) is 10.5. The molecular weight excluding hydrogens is 514 g/mol. The normalized spacial score (nSPS) is 21.4. The highest BCUT2D eigenvalue weighted by Gasteiger charge is 2.40. The van der Waals surface area contributed by atoms with Crippen molar-refractivity contribution in [1.29, 1.82) is 0 Å². The van der Waals surface area contributed by atoms with Gasteiger partial charge in [-0.2, -0.15) is 26.3 Å². The van der Waals surface area contributed by atoms with Gasteiger partial charge in [0.25, 0.3) is 0 Å². The number of nitrogens with zero attached hydrogens (tertiary/aromatic N) is 1. The topological polar surface area (TPSA) is 61.8 Å². The van der Waals surface area contributed by atoms with Gasteiger partial charge in [-0.1, -0.05) is 30.3 Å². The molecule has 2 N–H and O–H groups in total. The molecule has 1 fully saturated rings. The second-order valence-corrected chi connectivity index (χ2v) is 10.0.